The summed E-state index contributed by atoms with van der Waals surface area (Å²) in [7, 11) is -4.37. The average molecular weight is 527 g/mol. The van der Waals surface area contributed by atoms with E-state index >= 15 is 0 Å². The first kappa shape index (κ1) is 28.5. The van der Waals surface area contributed by atoms with Gasteiger partial charge in [0, 0.05) is 5.38 Å². The Bertz CT molecular complexity index is 1110. The number of aryl methyl sites for hydroxylation is 1. The SMILES string of the molecule is CCc1csc([C@H](Cc2ccc(NS(=O)(=O)O)cc2)NC(=O)[C@@H](NC(=O)OC(C)(C)C)C(C)C)n1. The van der Waals surface area contributed by atoms with Crippen LogP contribution in [0.25, 0.3) is 0 Å². The van der Waals surface area contributed by atoms with Crippen LogP contribution in [0.15, 0.2) is 29.6 Å². The number of thiazole rings is 1. The van der Waals surface area contributed by atoms with Crippen LogP contribution in [-0.4, -0.2) is 41.6 Å². The van der Waals surface area contributed by atoms with Gasteiger partial charge in [-0.25, -0.2) is 9.78 Å². The largest absolute Gasteiger partial charge is 0.444 e. The number of hydrogen-bond donors (Lipinski definition) is 4. The van der Waals surface area contributed by atoms with Crippen molar-refractivity contribution in [3.05, 3.63) is 45.9 Å². The van der Waals surface area contributed by atoms with Crippen molar-refractivity contribution in [2.24, 2.45) is 5.92 Å². The number of hydrogen-bond acceptors (Lipinski definition) is 7. The van der Waals surface area contributed by atoms with Crippen LogP contribution in [0.4, 0.5) is 10.5 Å². The smallest absolute Gasteiger partial charge is 0.408 e. The standard InChI is InChI=1S/C23H34N4O6S2/c1-7-16-13-34-21(24-16)18(12-15-8-10-17(11-9-15)27-35(30,31)32)25-20(28)19(14(2)3)26-22(29)33-23(4,5)6/h8-11,13-14,18-19,27H,7,12H2,1-6H3,(H,25,28)(H,26,29)(H,30,31,32)/t18-,19-/m0/s1. The third-order valence-corrected chi connectivity index (χ3v) is 6.31. The van der Waals surface area contributed by atoms with E-state index in [1.165, 1.54) is 23.5 Å². The van der Waals surface area contributed by atoms with Crippen LogP contribution < -0.4 is 15.4 Å². The highest BCUT2D eigenvalue weighted by Crippen LogP contribution is 2.24. The molecule has 0 spiro atoms. The van der Waals surface area contributed by atoms with Gasteiger partial charge < -0.3 is 15.4 Å². The second-order valence-corrected chi connectivity index (χ2v) is 11.5. The number of carbonyl (C=O) groups is 2. The first-order chi connectivity index (χ1) is 16.2. The molecule has 35 heavy (non-hydrogen) atoms. The van der Waals surface area contributed by atoms with Crippen LogP contribution in [0.3, 0.4) is 0 Å². The van der Waals surface area contributed by atoms with Gasteiger partial charge in [-0.2, -0.15) is 8.42 Å². The number of aromatic nitrogens is 1. The molecule has 1 aromatic heterocycles. The number of amides is 2. The van der Waals surface area contributed by atoms with Crippen molar-refractivity contribution in [3.63, 3.8) is 0 Å². The van der Waals surface area contributed by atoms with E-state index in [9.17, 15) is 18.0 Å². The Kier molecular flexibility index (Phi) is 9.64. The van der Waals surface area contributed by atoms with Gasteiger partial charge in [-0.3, -0.25) is 14.1 Å². The van der Waals surface area contributed by atoms with Crippen molar-refractivity contribution in [1.82, 2.24) is 15.6 Å². The fourth-order valence-corrected chi connectivity index (χ4v) is 4.56. The fourth-order valence-electron chi connectivity index (χ4n) is 3.17. The molecule has 0 unspecified atom stereocenters. The molecule has 0 aliphatic rings. The monoisotopic (exact) mass is 526 g/mol. The molecule has 10 nitrogen and oxygen atoms in total. The van der Waals surface area contributed by atoms with Crippen LogP contribution in [-0.2, 0) is 32.7 Å². The molecule has 2 rings (SSSR count). The van der Waals surface area contributed by atoms with Crippen molar-refractivity contribution in [2.75, 3.05) is 4.72 Å². The van der Waals surface area contributed by atoms with Crippen LogP contribution in [0, 0.1) is 5.92 Å². The summed E-state index contributed by atoms with van der Waals surface area (Å²) in [6, 6.07) is 5.12. The number of nitrogens with zero attached hydrogens (tertiary/aromatic N) is 1. The molecule has 0 saturated heterocycles. The van der Waals surface area contributed by atoms with Gasteiger partial charge in [0.1, 0.15) is 16.7 Å². The van der Waals surface area contributed by atoms with Gasteiger partial charge >= 0.3 is 16.4 Å². The Hall–Kier alpha value is -2.70. The fraction of sp³-hybridized carbons (Fsp3) is 0.522. The maximum Gasteiger partial charge on any atom is 0.408 e. The van der Waals surface area contributed by atoms with Crippen molar-refractivity contribution in [2.45, 2.75) is 72.1 Å². The lowest BCUT2D eigenvalue weighted by molar-refractivity contribution is -0.125. The van der Waals surface area contributed by atoms with E-state index < -0.39 is 34.1 Å². The Morgan fingerprint density at radius 2 is 1.77 bits per heavy atom. The molecule has 1 aromatic carbocycles. The van der Waals surface area contributed by atoms with Gasteiger partial charge in [0.15, 0.2) is 0 Å². The third-order valence-electron chi connectivity index (χ3n) is 4.81. The molecular weight excluding hydrogens is 492 g/mol. The van der Waals surface area contributed by atoms with Gasteiger partial charge in [-0.1, -0.05) is 32.9 Å². The van der Waals surface area contributed by atoms with Gasteiger partial charge in [0.05, 0.1) is 17.4 Å². The minimum Gasteiger partial charge on any atom is -0.444 e. The predicted molar refractivity (Wildman–Crippen MR) is 136 cm³/mol. The summed E-state index contributed by atoms with van der Waals surface area (Å²) >= 11 is 1.43. The number of benzene rings is 1. The van der Waals surface area contributed by atoms with Crippen molar-refractivity contribution in [1.29, 1.82) is 0 Å². The molecule has 4 N–H and O–H groups in total. The molecule has 2 amide bonds. The van der Waals surface area contributed by atoms with E-state index in [1.54, 1.807) is 32.9 Å². The van der Waals surface area contributed by atoms with Crippen molar-refractivity contribution >= 4 is 39.3 Å². The van der Waals surface area contributed by atoms with E-state index in [1.807, 2.05) is 30.9 Å². The summed E-state index contributed by atoms with van der Waals surface area (Å²) < 4.78 is 38.3. The van der Waals surface area contributed by atoms with E-state index in [2.05, 4.69) is 15.6 Å². The predicted octanol–water partition coefficient (Wildman–Crippen LogP) is 3.87. The summed E-state index contributed by atoms with van der Waals surface area (Å²) in [4.78, 5) is 30.2. The van der Waals surface area contributed by atoms with E-state index in [-0.39, 0.29) is 17.5 Å². The Balaban J connectivity index is 2.23. The van der Waals surface area contributed by atoms with Crippen molar-refractivity contribution in [3.8, 4) is 0 Å². The van der Waals surface area contributed by atoms with Gasteiger partial charge in [-0.15, -0.1) is 11.3 Å². The summed E-state index contributed by atoms with van der Waals surface area (Å²) in [6.07, 6.45) is 0.459. The molecule has 12 heteroatoms. The van der Waals surface area contributed by atoms with Gasteiger partial charge in [0.25, 0.3) is 0 Å². The van der Waals surface area contributed by atoms with Crippen LogP contribution in [0.5, 0.6) is 0 Å². The molecule has 2 aromatic rings. The van der Waals surface area contributed by atoms with Gasteiger partial charge in [0.2, 0.25) is 5.91 Å². The van der Waals surface area contributed by atoms with Crippen LogP contribution in [0.1, 0.15) is 63.8 Å². The van der Waals surface area contributed by atoms with E-state index in [4.69, 9.17) is 9.29 Å². The topological polar surface area (TPSA) is 147 Å². The zero-order valence-electron chi connectivity index (χ0n) is 20.8. The summed E-state index contributed by atoms with van der Waals surface area (Å²) in [5, 5.41) is 8.32. The second-order valence-electron chi connectivity index (χ2n) is 9.44. The first-order valence-electron chi connectivity index (χ1n) is 11.2. The lowest BCUT2D eigenvalue weighted by Gasteiger charge is -2.27. The molecule has 0 aliphatic heterocycles. The number of alkyl carbamates (subject to hydrolysis) is 1. The van der Waals surface area contributed by atoms with E-state index in [0.717, 1.165) is 22.7 Å². The minimum absolute atomic E-state index is 0.198. The normalized spacial score (nSPS) is 13.7. The molecule has 0 aliphatic carbocycles. The molecule has 2 atom stereocenters. The molecule has 0 bridgehead atoms. The molecule has 0 fully saturated rings. The highest BCUT2D eigenvalue weighted by atomic mass is 32.2. The molecule has 0 radical (unpaired) electrons. The van der Waals surface area contributed by atoms with Gasteiger partial charge in [-0.05, 0) is 57.2 Å². The van der Waals surface area contributed by atoms with Crippen LogP contribution in [0.2, 0.25) is 0 Å². The number of rotatable bonds is 10. The molecular formula is C23H34N4O6S2. The Morgan fingerprint density at radius 1 is 1.14 bits per heavy atom. The summed E-state index contributed by atoms with van der Waals surface area (Å²) in [5.74, 6) is -0.565. The third kappa shape index (κ3) is 9.82. The number of anilines is 1. The Labute approximate surface area is 210 Å². The lowest BCUT2D eigenvalue weighted by atomic mass is 10.0. The number of carbonyl (C=O) groups excluding carboxylic acids is 2. The minimum atomic E-state index is -4.37. The highest BCUT2D eigenvalue weighted by molar-refractivity contribution is 7.87. The first-order valence-corrected chi connectivity index (χ1v) is 13.6. The molecule has 0 saturated carbocycles. The maximum absolute atomic E-state index is 13.2. The Morgan fingerprint density at radius 3 is 2.26 bits per heavy atom. The zero-order chi connectivity index (χ0) is 26.4. The number of ether oxygens (including phenoxy) is 1. The maximum atomic E-state index is 13.2. The van der Waals surface area contributed by atoms with Crippen LogP contribution >= 0.6 is 11.3 Å². The molecule has 194 valence electrons. The average Bonchev–Trinajstić information content (AvgIpc) is 3.19. The highest BCUT2D eigenvalue weighted by Gasteiger charge is 2.29. The lowest BCUT2D eigenvalue weighted by Crippen LogP contribution is -2.51. The summed E-state index contributed by atoms with van der Waals surface area (Å²) in [6.45, 7) is 10.9. The zero-order valence-corrected chi connectivity index (χ0v) is 22.4. The second kappa shape index (κ2) is 11.8. The summed E-state index contributed by atoms with van der Waals surface area (Å²) in [5.41, 5.74) is 1.23. The van der Waals surface area contributed by atoms with Crippen molar-refractivity contribution < 1.29 is 27.3 Å². The quantitative estimate of drug-likeness (QED) is 0.344. The number of nitrogens with one attached hydrogen (secondary N) is 3. The van der Waals surface area contributed by atoms with E-state index in [0.29, 0.717) is 6.42 Å². The molecule has 1 heterocycles.